The average Bonchev–Trinajstić information content (AvgIpc) is 2.73. The predicted octanol–water partition coefficient (Wildman–Crippen LogP) is 1.43. The van der Waals surface area contributed by atoms with E-state index < -0.39 is 0 Å². The summed E-state index contributed by atoms with van der Waals surface area (Å²) in [5.41, 5.74) is 0.954. The molecule has 0 unspecified atom stereocenters. The molecule has 16 heavy (non-hydrogen) atoms. The molecule has 2 aromatic heterocycles. The van der Waals surface area contributed by atoms with Crippen molar-refractivity contribution in [2.24, 2.45) is 0 Å². The van der Waals surface area contributed by atoms with E-state index in [1.807, 2.05) is 19.2 Å². The monoisotopic (exact) mass is 219 g/mol. The molecule has 0 aliphatic heterocycles. The van der Waals surface area contributed by atoms with Crippen LogP contribution in [0.1, 0.15) is 11.7 Å². The lowest BCUT2D eigenvalue weighted by atomic mass is 10.4. The van der Waals surface area contributed by atoms with Crippen molar-refractivity contribution in [3.05, 3.63) is 30.0 Å². The van der Waals surface area contributed by atoms with Gasteiger partial charge in [-0.05, 0) is 13.0 Å². The fourth-order valence-electron chi connectivity index (χ4n) is 1.27. The average molecular weight is 219 g/mol. The highest BCUT2D eigenvalue weighted by Gasteiger charge is 2.02. The van der Waals surface area contributed by atoms with E-state index in [9.17, 15) is 0 Å². The van der Waals surface area contributed by atoms with Crippen molar-refractivity contribution >= 4 is 11.5 Å². The molecule has 6 nitrogen and oxygen atoms in total. The van der Waals surface area contributed by atoms with Gasteiger partial charge < -0.3 is 15.2 Å². The molecule has 0 atom stereocenters. The summed E-state index contributed by atoms with van der Waals surface area (Å²) in [6, 6.07) is 3.79. The Morgan fingerprint density at radius 1 is 1.44 bits per heavy atom. The number of hydrogen-bond donors (Lipinski definition) is 2. The number of aryl methyl sites for hydroxylation is 1. The molecule has 0 fully saturated rings. The minimum Gasteiger partial charge on any atom is -0.376 e. The maximum absolute atomic E-state index is 4.99. The third-order valence-electron chi connectivity index (χ3n) is 2.03. The smallest absolute Gasteiger partial charge is 0.245 e. The first-order valence-electron chi connectivity index (χ1n) is 4.95. The molecule has 2 heterocycles. The summed E-state index contributed by atoms with van der Waals surface area (Å²) < 4.78 is 4.99. The van der Waals surface area contributed by atoms with Crippen molar-refractivity contribution in [1.29, 1.82) is 0 Å². The molecule has 6 heteroatoms. The number of anilines is 2. The normalized spacial score (nSPS) is 10.1. The van der Waals surface area contributed by atoms with Crippen molar-refractivity contribution in [2.75, 3.05) is 17.7 Å². The summed E-state index contributed by atoms with van der Waals surface area (Å²) in [7, 11) is 1.83. The maximum atomic E-state index is 4.99. The molecule has 0 saturated heterocycles. The third-order valence-corrected chi connectivity index (χ3v) is 2.03. The summed E-state index contributed by atoms with van der Waals surface area (Å²) in [6.45, 7) is 2.30. The fraction of sp³-hybridized carbons (Fsp3) is 0.300. The quantitative estimate of drug-likeness (QED) is 0.810. The van der Waals surface area contributed by atoms with E-state index >= 15 is 0 Å². The van der Waals surface area contributed by atoms with Crippen LogP contribution in [-0.4, -0.2) is 22.2 Å². The highest BCUT2D eigenvalue weighted by Crippen LogP contribution is 2.12. The molecule has 0 aliphatic rings. The molecular weight excluding hydrogens is 206 g/mol. The van der Waals surface area contributed by atoms with Gasteiger partial charge in [0.1, 0.15) is 5.82 Å². The summed E-state index contributed by atoms with van der Waals surface area (Å²) in [4.78, 5) is 8.21. The van der Waals surface area contributed by atoms with Crippen molar-refractivity contribution in [3.8, 4) is 0 Å². The molecule has 0 amide bonds. The van der Waals surface area contributed by atoms with Crippen LogP contribution < -0.4 is 10.6 Å². The molecule has 0 aromatic carbocycles. The maximum Gasteiger partial charge on any atom is 0.245 e. The predicted molar refractivity (Wildman–Crippen MR) is 60.1 cm³/mol. The van der Waals surface area contributed by atoms with Gasteiger partial charge in [0.15, 0.2) is 5.82 Å². The van der Waals surface area contributed by atoms with Gasteiger partial charge in [-0.3, -0.25) is 0 Å². The first-order valence-corrected chi connectivity index (χ1v) is 4.95. The van der Waals surface area contributed by atoms with Crippen LogP contribution in [0.2, 0.25) is 0 Å². The van der Waals surface area contributed by atoms with Crippen LogP contribution in [0.15, 0.2) is 22.9 Å². The van der Waals surface area contributed by atoms with Crippen LogP contribution in [0, 0.1) is 6.92 Å². The Bertz CT molecular complexity index is 468. The van der Waals surface area contributed by atoms with Gasteiger partial charge in [0, 0.05) is 25.0 Å². The van der Waals surface area contributed by atoms with E-state index in [0.29, 0.717) is 18.3 Å². The van der Waals surface area contributed by atoms with Gasteiger partial charge in [-0.1, -0.05) is 5.16 Å². The summed E-state index contributed by atoms with van der Waals surface area (Å²) in [5, 5.41) is 9.85. The fourth-order valence-corrected chi connectivity index (χ4v) is 1.27. The second kappa shape index (κ2) is 4.61. The third kappa shape index (κ3) is 2.47. The van der Waals surface area contributed by atoms with Crippen LogP contribution >= 0.6 is 0 Å². The first kappa shape index (κ1) is 10.4. The van der Waals surface area contributed by atoms with Gasteiger partial charge in [-0.15, -0.1) is 0 Å². The number of hydrogen-bond acceptors (Lipinski definition) is 6. The Balaban J connectivity index is 1.99. The lowest BCUT2D eigenvalue weighted by molar-refractivity contribution is 0.379. The van der Waals surface area contributed by atoms with E-state index in [-0.39, 0.29) is 0 Å². The Labute approximate surface area is 93.1 Å². The molecule has 0 aliphatic carbocycles. The summed E-state index contributed by atoms with van der Waals surface area (Å²) in [6.07, 6.45) is 1.73. The van der Waals surface area contributed by atoms with E-state index in [4.69, 9.17) is 4.52 Å². The van der Waals surface area contributed by atoms with Gasteiger partial charge >= 0.3 is 0 Å². The van der Waals surface area contributed by atoms with Crippen molar-refractivity contribution in [2.45, 2.75) is 13.5 Å². The zero-order valence-corrected chi connectivity index (χ0v) is 9.19. The largest absolute Gasteiger partial charge is 0.376 e. The molecule has 2 rings (SSSR count). The lowest BCUT2D eigenvalue weighted by Crippen LogP contribution is -2.01. The van der Waals surface area contributed by atoms with Crippen molar-refractivity contribution in [3.63, 3.8) is 0 Å². The molecule has 84 valence electrons. The van der Waals surface area contributed by atoms with Gasteiger partial charge in [-0.2, -0.15) is 4.98 Å². The standard InChI is InChI=1S/C10H13N5O/c1-7-14-10(16-15-7)6-13-8-3-4-12-9(5-8)11-2/h3-5H,6H2,1-2H3,(H2,11,12,13). The highest BCUT2D eigenvalue weighted by molar-refractivity contribution is 5.51. The second-order valence-corrected chi connectivity index (χ2v) is 3.27. The minimum atomic E-state index is 0.508. The molecule has 0 radical (unpaired) electrons. The second-order valence-electron chi connectivity index (χ2n) is 3.27. The molecule has 2 aromatic rings. The van der Waals surface area contributed by atoms with Crippen LogP contribution in [-0.2, 0) is 6.54 Å². The Hall–Kier alpha value is -2.11. The number of rotatable bonds is 4. The zero-order chi connectivity index (χ0) is 11.4. The topological polar surface area (TPSA) is 75.9 Å². The minimum absolute atomic E-state index is 0.508. The van der Waals surface area contributed by atoms with E-state index in [0.717, 1.165) is 11.5 Å². The van der Waals surface area contributed by atoms with Crippen LogP contribution in [0.5, 0.6) is 0 Å². The number of nitrogens with one attached hydrogen (secondary N) is 2. The highest BCUT2D eigenvalue weighted by atomic mass is 16.5. The Morgan fingerprint density at radius 3 is 3.00 bits per heavy atom. The van der Waals surface area contributed by atoms with Gasteiger partial charge in [-0.25, -0.2) is 4.98 Å². The van der Waals surface area contributed by atoms with Crippen LogP contribution in [0.25, 0.3) is 0 Å². The molecular formula is C10H13N5O. The van der Waals surface area contributed by atoms with Crippen LogP contribution in [0.4, 0.5) is 11.5 Å². The summed E-state index contributed by atoms with van der Waals surface area (Å²) >= 11 is 0. The first-order chi connectivity index (χ1) is 7.78. The molecule has 0 bridgehead atoms. The number of aromatic nitrogens is 3. The van der Waals surface area contributed by atoms with Gasteiger partial charge in [0.05, 0.1) is 6.54 Å². The Kier molecular flexibility index (Phi) is 3.00. The van der Waals surface area contributed by atoms with Crippen molar-refractivity contribution in [1.82, 2.24) is 15.1 Å². The number of pyridine rings is 1. The van der Waals surface area contributed by atoms with E-state index in [2.05, 4.69) is 25.8 Å². The van der Waals surface area contributed by atoms with Crippen LogP contribution in [0.3, 0.4) is 0 Å². The summed E-state index contributed by atoms with van der Waals surface area (Å²) in [5.74, 6) is 2.02. The lowest BCUT2D eigenvalue weighted by Gasteiger charge is -2.04. The van der Waals surface area contributed by atoms with Gasteiger partial charge in [0.2, 0.25) is 5.89 Å². The van der Waals surface area contributed by atoms with E-state index in [1.165, 1.54) is 0 Å². The van der Waals surface area contributed by atoms with Crippen molar-refractivity contribution < 1.29 is 4.52 Å². The molecule has 0 spiro atoms. The zero-order valence-electron chi connectivity index (χ0n) is 9.19. The Morgan fingerprint density at radius 2 is 2.31 bits per heavy atom. The molecule has 2 N–H and O–H groups in total. The number of nitrogens with zero attached hydrogens (tertiary/aromatic N) is 3. The molecule has 0 saturated carbocycles. The van der Waals surface area contributed by atoms with E-state index in [1.54, 1.807) is 13.1 Å². The SMILES string of the molecule is CNc1cc(NCc2nc(C)no2)ccn1. The van der Waals surface area contributed by atoms with Gasteiger partial charge in [0.25, 0.3) is 0 Å².